The molecule has 0 radical (unpaired) electrons. The molecule has 0 bridgehead atoms. The normalized spacial score (nSPS) is 12.4. The first kappa shape index (κ1) is 16.1. The summed E-state index contributed by atoms with van der Waals surface area (Å²) in [6, 6.07) is 12.2. The summed E-state index contributed by atoms with van der Waals surface area (Å²) in [5.41, 5.74) is 2.09. The fourth-order valence-electron chi connectivity index (χ4n) is 2.49. The van der Waals surface area contributed by atoms with Gasteiger partial charge in [0.2, 0.25) is 5.91 Å². The molecule has 1 atom stereocenters. The Labute approximate surface area is 143 Å². The van der Waals surface area contributed by atoms with Gasteiger partial charge in [0.15, 0.2) is 5.16 Å². The summed E-state index contributed by atoms with van der Waals surface area (Å²) >= 11 is 3.15. The zero-order valence-corrected chi connectivity index (χ0v) is 14.8. The van der Waals surface area contributed by atoms with Crippen molar-refractivity contribution in [1.82, 2.24) is 14.9 Å². The van der Waals surface area contributed by atoms with Crippen molar-refractivity contribution in [2.24, 2.45) is 0 Å². The van der Waals surface area contributed by atoms with Crippen LogP contribution >= 0.6 is 23.1 Å². The van der Waals surface area contributed by atoms with Crippen molar-refractivity contribution >= 4 is 40.0 Å². The second kappa shape index (κ2) is 7.19. The van der Waals surface area contributed by atoms with Gasteiger partial charge in [-0.25, -0.2) is 4.98 Å². The third-order valence-electron chi connectivity index (χ3n) is 3.62. The first-order valence-electron chi connectivity index (χ1n) is 7.60. The monoisotopic (exact) mass is 345 g/mol. The third-order valence-corrected chi connectivity index (χ3v) is 5.65. The molecule has 0 saturated heterocycles. The molecule has 1 aromatic carbocycles. The number of aromatic nitrogens is 2. The van der Waals surface area contributed by atoms with Crippen molar-refractivity contribution in [2.75, 3.05) is 5.75 Å². The molecule has 0 fully saturated rings. The minimum absolute atomic E-state index is 0.0330. The molecule has 0 spiro atoms. The average Bonchev–Trinajstić information content (AvgIpc) is 3.20. The number of imidazole rings is 1. The first-order valence-corrected chi connectivity index (χ1v) is 9.46. The van der Waals surface area contributed by atoms with E-state index >= 15 is 0 Å². The molecule has 0 aliphatic carbocycles. The fourth-order valence-corrected chi connectivity index (χ4v) is 4.12. The molecule has 3 rings (SSSR count). The summed E-state index contributed by atoms with van der Waals surface area (Å²) in [6.07, 6.45) is 0. The largest absolute Gasteiger partial charge is 0.348 e. The van der Waals surface area contributed by atoms with Gasteiger partial charge in [0.05, 0.1) is 22.8 Å². The van der Waals surface area contributed by atoms with Crippen molar-refractivity contribution < 1.29 is 4.79 Å². The molecule has 120 valence electrons. The molecule has 0 unspecified atom stereocenters. The van der Waals surface area contributed by atoms with Crippen LogP contribution in [0.25, 0.3) is 11.0 Å². The van der Waals surface area contributed by atoms with E-state index < -0.39 is 0 Å². The number of hydrogen-bond donors (Lipinski definition) is 1. The van der Waals surface area contributed by atoms with Crippen molar-refractivity contribution in [3.8, 4) is 0 Å². The Morgan fingerprint density at radius 1 is 1.35 bits per heavy atom. The van der Waals surface area contributed by atoms with E-state index in [4.69, 9.17) is 0 Å². The van der Waals surface area contributed by atoms with Crippen molar-refractivity contribution in [3.63, 3.8) is 0 Å². The van der Waals surface area contributed by atoms with Gasteiger partial charge in [-0.2, -0.15) is 0 Å². The molecule has 1 N–H and O–H groups in total. The summed E-state index contributed by atoms with van der Waals surface area (Å²) in [4.78, 5) is 18.0. The lowest BCUT2D eigenvalue weighted by molar-refractivity contribution is -0.119. The Morgan fingerprint density at radius 2 is 2.17 bits per heavy atom. The maximum absolute atomic E-state index is 12.2. The highest BCUT2D eigenvalue weighted by molar-refractivity contribution is 7.99. The predicted molar refractivity (Wildman–Crippen MR) is 97.0 cm³/mol. The second-order valence-electron chi connectivity index (χ2n) is 5.22. The van der Waals surface area contributed by atoms with Crippen LogP contribution in [-0.2, 0) is 11.3 Å². The Balaban J connectivity index is 1.65. The summed E-state index contributed by atoms with van der Waals surface area (Å²) in [7, 11) is 0. The van der Waals surface area contributed by atoms with Crippen LogP contribution in [0.1, 0.15) is 24.8 Å². The quantitative estimate of drug-likeness (QED) is 0.685. The number of thioether (sulfide) groups is 1. The summed E-state index contributed by atoms with van der Waals surface area (Å²) in [5, 5.41) is 5.96. The lowest BCUT2D eigenvalue weighted by Gasteiger charge is -2.12. The number of para-hydroxylation sites is 2. The molecule has 0 saturated carbocycles. The Kier molecular flexibility index (Phi) is 5.03. The third kappa shape index (κ3) is 3.59. The number of amides is 1. The second-order valence-corrected chi connectivity index (χ2v) is 7.14. The van der Waals surface area contributed by atoms with E-state index in [2.05, 4.69) is 27.9 Å². The summed E-state index contributed by atoms with van der Waals surface area (Å²) in [6.45, 7) is 4.95. The number of carbonyl (C=O) groups is 1. The van der Waals surface area contributed by atoms with Crippen LogP contribution in [0.5, 0.6) is 0 Å². The van der Waals surface area contributed by atoms with E-state index in [9.17, 15) is 4.79 Å². The number of hydrogen-bond acceptors (Lipinski definition) is 4. The molecule has 1 amide bonds. The van der Waals surface area contributed by atoms with E-state index in [1.165, 1.54) is 16.6 Å². The molecule has 6 heteroatoms. The highest BCUT2D eigenvalue weighted by Gasteiger charge is 2.14. The van der Waals surface area contributed by atoms with Gasteiger partial charge in [0.25, 0.3) is 0 Å². The van der Waals surface area contributed by atoms with E-state index in [0.717, 1.165) is 22.7 Å². The minimum Gasteiger partial charge on any atom is -0.348 e. The number of carbonyl (C=O) groups excluding carboxylic acids is 1. The van der Waals surface area contributed by atoms with Gasteiger partial charge >= 0.3 is 0 Å². The Bertz CT molecular complexity index is 795. The van der Waals surface area contributed by atoms with Crippen LogP contribution in [0.3, 0.4) is 0 Å². The number of thiophene rings is 1. The van der Waals surface area contributed by atoms with Crippen LogP contribution in [0.2, 0.25) is 0 Å². The topological polar surface area (TPSA) is 46.9 Å². The first-order chi connectivity index (χ1) is 11.2. The smallest absolute Gasteiger partial charge is 0.230 e. The maximum atomic E-state index is 12.2. The molecule has 2 aromatic heterocycles. The Morgan fingerprint density at radius 3 is 2.91 bits per heavy atom. The van der Waals surface area contributed by atoms with Gasteiger partial charge in [-0.1, -0.05) is 30.0 Å². The lowest BCUT2D eigenvalue weighted by atomic mass is 10.3. The van der Waals surface area contributed by atoms with Gasteiger partial charge in [0, 0.05) is 11.4 Å². The zero-order valence-electron chi connectivity index (χ0n) is 13.2. The van der Waals surface area contributed by atoms with Crippen LogP contribution in [-0.4, -0.2) is 21.2 Å². The molecule has 23 heavy (non-hydrogen) atoms. The van der Waals surface area contributed by atoms with Gasteiger partial charge in [-0.3, -0.25) is 4.79 Å². The SMILES string of the molecule is CCn1c(SCC(=O)N[C@@H](C)c2cccs2)nc2ccccc21. The summed E-state index contributed by atoms with van der Waals surface area (Å²) < 4.78 is 2.15. The van der Waals surface area contributed by atoms with Gasteiger partial charge < -0.3 is 9.88 Å². The number of nitrogens with zero attached hydrogens (tertiary/aromatic N) is 2. The minimum atomic E-state index is 0.0330. The molecule has 3 aromatic rings. The van der Waals surface area contributed by atoms with Crippen LogP contribution in [0, 0.1) is 0 Å². The number of fused-ring (bicyclic) bond motifs is 1. The molecular formula is C17H19N3OS2. The highest BCUT2D eigenvalue weighted by atomic mass is 32.2. The van der Waals surface area contributed by atoms with Crippen LogP contribution < -0.4 is 5.32 Å². The highest BCUT2D eigenvalue weighted by Crippen LogP contribution is 2.24. The number of nitrogens with one attached hydrogen (secondary N) is 1. The number of rotatable bonds is 6. The van der Waals surface area contributed by atoms with Crippen molar-refractivity contribution in [2.45, 2.75) is 31.6 Å². The van der Waals surface area contributed by atoms with Crippen LogP contribution in [0.15, 0.2) is 46.9 Å². The lowest BCUT2D eigenvalue weighted by Crippen LogP contribution is -2.27. The zero-order chi connectivity index (χ0) is 16.2. The average molecular weight is 345 g/mol. The van der Waals surface area contributed by atoms with Crippen molar-refractivity contribution in [1.29, 1.82) is 0 Å². The van der Waals surface area contributed by atoms with Gasteiger partial charge in [-0.05, 0) is 37.4 Å². The van der Waals surface area contributed by atoms with Crippen LogP contribution in [0.4, 0.5) is 0 Å². The molecular weight excluding hydrogens is 326 g/mol. The Hall–Kier alpha value is -1.79. The molecule has 2 heterocycles. The number of aryl methyl sites for hydroxylation is 1. The maximum Gasteiger partial charge on any atom is 0.230 e. The van der Waals surface area contributed by atoms with E-state index in [-0.39, 0.29) is 11.9 Å². The van der Waals surface area contributed by atoms with E-state index in [1.54, 1.807) is 11.3 Å². The number of benzene rings is 1. The molecule has 0 aliphatic rings. The van der Waals surface area contributed by atoms with E-state index in [1.807, 2.05) is 42.6 Å². The molecule has 4 nitrogen and oxygen atoms in total. The standard InChI is InChI=1S/C17H19N3OS2/c1-3-20-14-8-5-4-7-13(14)19-17(20)23-11-16(21)18-12(2)15-9-6-10-22-15/h4-10,12H,3,11H2,1-2H3,(H,18,21)/t12-/m0/s1. The molecule has 0 aliphatic heterocycles. The fraction of sp³-hybridized carbons (Fsp3) is 0.294. The predicted octanol–water partition coefficient (Wildman–Crippen LogP) is 4.09. The van der Waals surface area contributed by atoms with Gasteiger partial charge in [-0.15, -0.1) is 11.3 Å². The van der Waals surface area contributed by atoms with E-state index in [0.29, 0.717) is 5.75 Å². The summed E-state index contributed by atoms with van der Waals surface area (Å²) in [5.74, 6) is 0.407. The van der Waals surface area contributed by atoms with Crippen molar-refractivity contribution in [3.05, 3.63) is 46.7 Å². The van der Waals surface area contributed by atoms with Gasteiger partial charge in [0.1, 0.15) is 0 Å².